The Morgan fingerprint density at radius 2 is 2.33 bits per heavy atom. The lowest BCUT2D eigenvalue weighted by atomic mass is 10.0. The van der Waals surface area contributed by atoms with Crippen LogP contribution >= 0.6 is 0 Å². The lowest BCUT2D eigenvalue weighted by Crippen LogP contribution is -2.12. The molecule has 0 saturated heterocycles. The number of anilines is 1. The molecular weight excluding hydrogens is 188 g/mol. The number of rotatable bonds is 2. The fourth-order valence-corrected chi connectivity index (χ4v) is 2.14. The number of fused-ring (bicyclic) bond motifs is 1. The van der Waals surface area contributed by atoms with Crippen LogP contribution in [-0.2, 0) is 12.8 Å². The van der Waals surface area contributed by atoms with Crippen molar-refractivity contribution in [3.8, 4) is 11.8 Å². The third-order valence-electron chi connectivity index (χ3n) is 2.90. The molecule has 0 aliphatic carbocycles. The normalized spacial score (nSPS) is 13.5. The molecule has 3 heteroatoms. The molecule has 1 aromatic carbocycles. The highest BCUT2D eigenvalue weighted by molar-refractivity contribution is 5.65. The molecule has 2 rings (SSSR count). The summed E-state index contributed by atoms with van der Waals surface area (Å²) in [6, 6.07) is 6.24. The molecule has 0 spiro atoms. The van der Waals surface area contributed by atoms with Crippen molar-refractivity contribution < 1.29 is 4.74 Å². The van der Waals surface area contributed by atoms with E-state index in [1.165, 1.54) is 11.3 Å². The van der Waals surface area contributed by atoms with Crippen LogP contribution in [0, 0.1) is 11.3 Å². The summed E-state index contributed by atoms with van der Waals surface area (Å²) in [5.41, 5.74) is 3.47. The highest BCUT2D eigenvalue weighted by atomic mass is 16.5. The summed E-state index contributed by atoms with van der Waals surface area (Å²) in [6.45, 7) is 1.03. The number of likely N-dealkylation sites (N-methyl/N-ethyl adjacent to an activating group) is 1. The van der Waals surface area contributed by atoms with Gasteiger partial charge in [0.1, 0.15) is 5.75 Å². The summed E-state index contributed by atoms with van der Waals surface area (Å²) in [5, 5.41) is 8.72. The van der Waals surface area contributed by atoms with Crippen molar-refractivity contribution in [2.75, 3.05) is 25.6 Å². The Morgan fingerprint density at radius 1 is 1.53 bits per heavy atom. The highest BCUT2D eigenvalue weighted by Crippen LogP contribution is 2.36. The molecule has 78 valence electrons. The minimum atomic E-state index is 0.417. The smallest absolute Gasteiger partial charge is 0.128 e. The Bertz CT molecular complexity index is 420. The first-order chi connectivity index (χ1) is 7.27. The van der Waals surface area contributed by atoms with Crippen LogP contribution in [0.15, 0.2) is 12.1 Å². The molecule has 0 amide bonds. The van der Waals surface area contributed by atoms with Crippen molar-refractivity contribution in [3.63, 3.8) is 0 Å². The molecule has 0 N–H and O–H groups in total. The van der Waals surface area contributed by atoms with E-state index in [0.29, 0.717) is 6.42 Å². The minimum absolute atomic E-state index is 0.417. The van der Waals surface area contributed by atoms with Crippen LogP contribution in [0.4, 0.5) is 5.69 Å². The summed E-state index contributed by atoms with van der Waals surface area (Å²) in [7, 11) is 3.75. The van der Waals surface area contributed by atoms with Crippen molar-refractivity contribution in [3.05, 3.63) is 23.3 Å². The van der Waals surface area contributed by atoms with Gasteiger partial charge in [0.2, 0.25) is 0 Å². The molecular formula is C12H14N2O. The molecule has 1 heterocycles. The summed E-state index contributed by atoms with van der Waals surface area (Å²) in [6.07, 6.45) is 1.43. The van der Waals surface area contributed by atoms with E-state index in [-0.39, 0.29) is 0 Å². The first-order valence-electron chi connectivity index (χ1n) is 5.04. The number of nitrogens with zero attached hydrogens (tertiary/aromatic N) is 2. The van der Waals surface area contributed by atoms with Gasteiger partial charge in [0.15, 0.2) is 0 Å². The Balaban J connectivity index is 2.51. The van der Waals surface area contributed by atoms with E-state index in [4.69, 9.17) is 10.00 Å². The molecule has 0 bridgehead atoms. The lowest BCUT2D eigenvalue weighted by molar-refractivity contribution is 0.407. The fourth-order valence-electron chi connectivity index (χ4n) is 2.14. The number of hydrogen-bond donors (Lipinski definition) is 0. The van der Waals surface area contributed by atoms with Crippen LogP contribution in [0.3, 0.4) is 0 Å². The maximum atomic E-state index is 8.72. The van der Waals surface area contributed by atoms with E-state index in [0.717, 1.165) is 24.3 Å². The summed E-state index contributed by atoms with van der Waals surface area (Å²) >= 11 is 0. The maximum absolute atomic E-state index is 8.72. The third-order valence-corrected chi connectivity index (χ3v) is 2.90. The van der Waals surface area contributed by atoms with Crippen LogP contribution < -0.4 is 9.64 Å². The largest absolute Gasteiger partial charge is 0.496 e. The Kier molecular flexibility index (Phi) is 2.51. The molecule has 0 atom stereocenters. The van der Waals surface area contributed by atoms with Gasteiger partial charge in [-0.25, -0.2) is 0 Å². The van der Waals surface area contributed by atoms with Crippen LogP contribution in [0.2, 0.25) is 0 Å². The van der Waals surface area contributed by atoms with E-state index >= 15 is 0 Å². The quantitative estimate of drug-likeness (QED) is 0.733. The second-order valence-corrected chi connectivity index (χ2v) is 3.76. The van der Waals surface area contributed by atoms with Gasteiger partial charge < -0.3 is 9.64 Å². The standard InChI is InChI=1S/C12H14N2O/c1-14-8-6-10-11(14)4-3-9(5-7-13)12(10)15-2/h3-4H,5-6,8H2,1-2H3. The number of ether oxygens (including phenoxy) is 1. The molecule has 15 heavy (non-hydrogen) atoms. The molecule has 0 fully saturated rings. The van der Waals surface area contributed by atoms with E-state index in [1.807, 2.05) is 6.07 Å². The summed E-state index contributed by atoms with van der Waals surface area (Å²) in [4.78, 5) is 2.22. The monoisotopic (exact) mass is 202 g/mol. The Morgan fingerprint density at radius 3 is 3.00 bits per heavy atom. The summed E-state index contributed by atoms with van der Waals surface area (Å²) < 4.78 is 5.41. The van der Waals surface area contributed by atoms with E-state index in [1.54, 1.807) is 7.11 Å². The van der Waals surface area contributed by atoms with Gasteiger partial charge in [0.25, 0.3) is 0 Å². The van der Waals surface area contributed by atoms with E-state index in [2.05, 4.69) is 24.1 Å². The van der Waals surface area contributed by atoms with Gasteiger partial charge in [-0.05, 0) is 12.5 Å². The fraction of sp³-hybridized carbons (Fsp3) is 0.417. The molecule has 0 aromatic heterocycles. The van der Waals surface area contributed by atoms with Gasteiger partial charge >= 0.3 is 0 Å². The first kappa shape index (κ1) is 9.85. The third kappa shape index (κ3) is 1.52. The Hall–Kier alpha value is -1.69. The molecule has 1 aromatic rings. The van der Waals surface area contributed by atoms with Crippen molar-refractivity contribution >= 4 is 5.69 Å². The van der Waals surface area contributed by atoms with Gasteiger partial charge in [0, 0.05) is 30.4 Å². The predicted octanol–water partition coefficient (Wildman–Crippen LogP) is 1.75. The predicted molar refractivity (Wildman–Crippen MR) is 59.3 cm³/mol. The van der Waals surface area contributed by atoms with Crippen LogP contribution in [-0.4, -0.2) is 20.7 Å². The van der Waals surface area contributed by atoms with Crippen molar-refractivity contribution in [2.24, 2.45) is 0 Å². The lowest BCUT2D eigenvalue weighted by Gasteiger charge is -2.14. The van der Waals surface area contributed by atoms with Crippen molar-refractivity contribution in [1.82, 2.24) is 0 Å². The highest BCUT2D eigenvalue weighted by Gasteiger charge is 2.21. The van der Waals surface area contributed by atoms with Gasteiger partial charge in [-0.3, -0.25) is 0 Å². The number of benzene rings is 1. The molecule has 0 radical (unpaired) electrons. The molecule has 1 aliphatic heterocycles. The second kappa shape index (κ2) is 3.82. The maximum Gasteiger partial charge on any atom is 0.128 e. The van der Waals surface area contributed by atoms with Crippen molar-refractivity contribution in [2.45, 2.75) is 12.8 Å². The zero-order valence-corrected chi connectivity index (χ0v) is 9.08. The zero-order valence-electron chi connectivity index (χ0n) is 9.08. The first-order valence-corrected chi connectivity index (χ1v) is 5.04. The zero-order chi connectivity index (χ0) is 10.8. The average molecular weight is 202 g/mol. The van der Waals surface area contributed by atoms with Crippen LogP contribution in [0.25, 0.3) is 0 Å². The van der Waals surface area contributed by atoms with Gasteiger partial charge in [-0.2, -0.15) is 5.26 Å². The van der Waals surface area contributed by atoms with Gasteiger partial charge in [0.05, 0.1) is 19.6 Å². The van der Waals surface area contributed by atoms with Crippen LogP contribution in [0.1, 0.15) is 11.1 Å². The van der Waals surface area contributed by atoms with Crippen LogP contribution in [0.5, 0.6) is 5.75 Å². The summed E-state index contributed by atoms with van der Waals surface area (Å²) in [5.74, 6) is 0.901. The molecule has 1 aliphatic rings. The molecule has 3 nitrogen and oxygen atoms in total. The molecule has 0 saturated carbocycles. The Labute approximate surface area is 89.9 Å². The van der Waals surface area contributed by atoms with Crippen molar-refractivity contribution in [1.29, 1.82) is 5.26 Å². The number of nitriles is 1. The minimum Gasteiger partial charge on any atom is -0.496 e. The topological polar surface area (TPSA) is 36.3 Å². The second-order valence-electron chi connectivity index (χ2n) is 3.76. The molecule has 0 unspecified atom stereocenters. The van der Waals surface area contributed by atoms with E-state index in [9.17, 15) is 0 Å². The van der Waals surface area contributed by atoms with Gasteiger partial charge in [-0.1, -0.05) is 6.07 Å². The SMILES string of the molecule is COc1c(CC#N)ccc2c1CCN2C. The van der Waals surface area contributed by atoms with Gasteiger partial charge in [-0.15, -0.1) is 0 Å². The average Bonchev–Trinajstić information content (AvgIpc) is 2.61. The number of hydrogen-bond acceptors (Lipinski definition) is 3. The van der Waals surface area contributed by atoms with E-state index < -0.39 is 0 Å². The number of methoxy groups -OCH3 is 1.